The highest BCUT2D eigenvalue weighted by Crippen LogP contribution is 2.29. The number of nitriles is 1. The van der Waals surface area contributed by atoms with Crippen LogP contribution in [0.2, 0.25) is 10.0 Å². The highest BCUT2D eigenvalue weighted by Gasteiger charge is 2.05. The first-order chi connectivity index (χ1) is 9.11. The van der Waals surface area contributed by atoms with Gasteiger partial charge in [0.05, 0.1) is 27.4 Å². The first-order valence-corrected chi connectivity index (χ1v) is 6.55. The second-order valence-electron chi connectivity index (χ2n) is 4.21. The monoisotopic (exact) mass is 290 g/mol. The van der Waals surface area contributed by atoms with E-state index in [1.807, 2.05) is 37.3 Å². The molecule has 0 fully saturated rings. The van der Waals surface area contributed by atoms with E-state index in [0.717, 1.165) is 16.8 Å². The van der Waals surface area contributed by atoms with Crippen LogP contribution in [-0.2, 0) is 6.54 Å². The van der Waals surface area contributed by atoms with Crippen LogP contribution in [0.4, 0.5) is 5.69 Å². The maximum Gasteiger partial charge on any atom is 0.0991 e. The lowest BCUT2D eigenvalue weighted by Crippen LogP contribution is -2.02. The molecule has 0 saturated carbocycles. The van der Waals surface area contributed by atoms with Crippen LogP contribution >= 0.6 is 23.2 Å². The molecule has 2 nitrogen and oxygen atoms in total. The van der Waals surface area contributed by atoms with Gasteiger partial charge in [-0.3, -0.25) is 0 Å². The number of aryl methyl sites for hydroxylation is 1. The molecule has 96 valence electrons. The van der Waals surface area contributed by atoms with Gasteiger partial charge in [-0.15, -0.1) is 0 Å². The maximum atomic E-state index is 8.83. The fourth-order valence-electron chi connectivity index (χ4n) is 1.79. The number of hydrogen-bond acceptors (Lipinski definition) is 2. The lowest BCUT2D eigenvalue weighted by molar-refractivity contribution is 1.12. The lowest BCUT2D eigenvalue weighted by Gasteiger charge is -2.11. The van der Waals surface area contributed by atoms with Gasteiger partial charge in [-0.1, -0.05) is 35.3 Å². The average Bonchev–Trinajstić information content (AvgIpc) is 2.41. The Morgan fingerprint density at radius 2 is 2.00 bits per heavy atom. The van der Waals surface area contributed by atoms with Gasteiger partial charge in [0.1, 0.15) is 0 Å². The quantitative estimate of drug-likeness (QED) is 0.882. The summed E-state index contributed by atoms with van der Waals surface area (Å²) in [5.41, 5.74) is 3.67. The zero-order valence-corrected chi connectivity index (χ0v) is 11.9. The average molecular weight is 291 g/mol. The van der Waals surface area contributed by atoms with Crippen molar-refractivity contribution in [1.82, 2.24) is 0 Å². The minimum absolute atomic E-state index is 0.524. The van der Waals surface area contributed by atoms with Gasteiger partial charge in [0.25, 0.3) is 0 Å². The van der Waals surface area contributed by atoms with Gasteiger partial charge in [-0.05, 0) is 42.3 Å². The highest BCUT2D eigenvalue weighted by molar-refractivity contribution is 6.43. The molecule has 0 bridgehead atoms. The van der Waals surface area contributed by atoms with Gasteiger partial charge < -0.3 is 5.32 Å². The van der Waals surface area contributed by atoms with Crippen LogP contribution in [0, 0.1) is 18.3 Å². The van der Waals surface area contributed by atoms with Crippen LogP contribution in [0.5, 0.6) is 0 Å². The summed E-state index contributed by atoms with van der Waals surface area (Å²) in [5.74, 6) is 0. The molecule has 4 heteroatoms. The molecule has 19 heavy (non-hydrogen) atoms. The Bertz CT molecular complexity index is 645. The van der Waals surface area contributed by atoms with E-state index in [1.54, 1.807) is 6.07 Å². The van der Waals surface area contributed by atoms with Crippen LogP contribution < -0.4 is 5.32 Å². The predicted octanol–water partition coefficient (Wildman–Crippen LogP) is 4.79. The number of anilines is 1. The number of nitrogens with one attached hydrogen (secondary N) is 1. The van der Waals surface area contributed by atoms with E-state index in [1.165, 1.54) is 0 Å². The SMILES string of the molecule is Cc1cc(C#N)ccc1CNc1cccc(Cl)c1Cl. The van der Waals surface area contributed by atoms with Crippen LogP contribution in [0.3, 0.4) is 0 Å². The van der Waals surface area contributed by atoms with Gasteiger partial charge in [-0.25, -0.2) is 0 Å². The predicted molar refractivity (Wildman–Crippen MR) is 79.7 cm³/mol. The van der Waals surface area contributed by atoms with Gasteiger partial charge in [0.2, 0.25) is 0 Å². The molecule has 0 atom stereocenters. The Kier molecular flexibility index (Phi) is 4.31. The Balaban J connectivity index is 2.15. The van der Waals surface area contributed by atoms with Crippen LogP contribution in [0.1, 0.15) is 16.7 Å². The second kappa shape index (κ2) is 5.97. The van der Waals surface area contributed by atoms with E-state index in [9.17, 15) is 0 Å². The molecule has 0 aliphatic rings. The van der Waals surface area contributed by atoms with Crippen molar-refractivity contribution in [3.05, 3.63) is 63.1 Å². The number of hydrogen-bond donors (Lipinski definition) is 1. The third-order valence-corrected chi connectivity index (χ3v) is 3.71. The number of nitrogens with zero attached hydrogens (tertiary/aromatic N) is 1. The summed E-state index contributed by atoms with van der Waals surface area (Å²) in [6.07, 6.45) is 0. The summed E-state index contributed by atoms with van der Waals surface area (Å²) in [6, 6.07) is 13.2. The Morgan fingerprint density at radius 3 is 2.68 bits per heavy atom. The fraction of sp³-hybridized carbons (Fsp3) is 0.133. The molecular formula is C15H12Cl2N2. The number of rotatable bonds is 3. The van der Waals surface area contributed by atoms with Crippen molar-refractivity contribution >= 4 is 28.9 Å². The topological polar surface area (TPSA) is 35.8 Å². The molecule has 2 rings (SSSR count). The van der Waals surface area contributed by atoms with E-state index >= 15 is 0 Å². The first-order valence-electron chi connectivity index (χ1n) is 5.79. The maximum absolute atomic E-state index is 8.83. The summed E-state index contributed by atoms with van der Waals surface area (Å²) >= 11 is 12.1. The zero-order valence-electron chi connectivity index (χ0n) is 10.4. The molecule has 0 spiro atoms. The molecule has 0 saturated heterocycles. The third kappa shape index (κ3) is 3.20. The van der Waals surface area contributed by atoms with Crippen molar-refractivity contribution in [3.8, 4) is 6.07 Å². The van der Waals surface area contributed by atoms with Gasteiger partial charge in [0, 0.05) is 6.54 Å². The van der Waals surface area contributed by atoms with Crippen LogP contribution in [0.25, 0.3) is 0 Å². The molecule has 0 aliphatic heterocycles. The van der Waals surface area contributed by atoms with Crippen LogP contribution in [-0.4, -0.2) is 0 Å². The van der Waals surface area contributed by atoms with E-state index in [-0.39, 0.29) is 0 Å². The summed E-state index contributed by atoms with van der Waals surface area (Å²) < 4.78 is 0. The summed E-state index contributed by atoms with van der Waals surface area (Å²) in [6.45, 7) is 2.62. The molecule has 0 amide bonds. The van der Waals surface area contributed by atoms with E-state index < -0.39 is 0 Å². The molecule has 0 heterocycles. The molecule has 0 aliphatic carbocycles. The van der Waals surface area contributed by atoms with Crippen LogP contribution in [0.15, 0.2) is 36.4 Å². The summed E-state index contributed by atoms with van der Waals surface area (Å²) in [4.78, 5) is 0. The minimum atomic E-state index is 0.524. The third-order valence-electron chi connectivity index (χ3n) is 2.89. The Hall–Kier alpha value is -1.69. The van der Waals surface area contributed by atoms with Crippen molar-refractivity contribution < 1.29 is 0 Å². The van der Waals surface area contributed by atoms with Gasteiger partial charge in [-0.2, -0.15) is 5.26 Å². The zero-order chi connectivity index (χ0) is 13.8. The molecular weight excluding hydrogens is 279 g/mol. The second-order valence-corrected chi connectivity index (χ2v) is 4.99. The molecule has 0 radical (unpaired) electrons. The largest absolute Gasteiger partial charge is 0.380 e. The smallest absolute Gasteiger partial charge is 0.0991 e. The summed E-state index contributed by atoms with van der Waals surface area (Å²) in [7, 11) is 0. The molecule has 2 aromatic carbocycles. The van der Waals surface area contributed by atoms with Crippen molar-refractivity contribution in [2.75, 3.05) is 5.32 Å². The first kappa shape index (κ1) is 13.7. The molecule has 0 unspecified atom stereocenters. The highest BCUT2D eigenvalue weighted by atomic mass is 35.5. The summed E-state index contributed by atoms with van der Waals surface area (Å²) in [5, 5.41) is 13.1. The van der Waals surface area contributed by atoms with Gasteiger partial charge in [0.15, 0.2) is 0 Å². The Morgan fingerprint density at radius 1 is 1.21 bits per heavy atom. The molecule has 2 aromatic rings. The molecule has 0 aromatic heterocycles. The number of benzene rings is 2. The number of halogens is 2. The van der Waals surface area contributed by atoms with Crippen molar-refractivity contribution in [1.29, 1.82) is 5.26 Å². The molecule has 1 N–H and O–H groups in total. The lowest BCUT2D eigenvalue weighted by atomic mass is 10.1. The van der Waals surface area contributed by atoms with Gasteiger partial charge >= 0.3 is 0 Å². The van der Waals surface area contributed by atoms with Crippen molar-refractivity contribution in [3.63, 3.8) is 0 Å². The fourth-order valence-corrected chi connectivity index (χ4v) is 2.16. The van der Waals surface area contributed by atoms with E-state index in [4.69, 9.17) is 28.5 Å². The standard InChI is InChI=1S/C15H12Cl2N2/c1-10-7-11(8-18)5-6-12(10)9-19-14-4-2-3-13(16)15(14)17/h2-7,19H,9H2,1H3. The van der Waals surface area contributed by atoms with Crippen molar-refractivity contribution in [2.24, 2.45) is 0 Å². The van der Waals surface area contributed by atoms with Crippen molar-refractivity contribution in [2.45, 2.75) is 13.5 Å². The van der Waals surface area contributed by atoms with E-state index in [0.29, 0.717) is 22.2 Å². The Labute approximate surface area is 122 Å². The normalized spacial score (nSPS) is 10.0. The minimum Gasteiger partial charge on any atom is -0.380 e. The van der Waals surface area contributed by atoms with E-state index in [2.05, 4.69) is 11.4 Å².